The molecule has 5 unspecified atom stereocenters. The van der Waals surface area contributed by atoms with Gasteiger partial charge in [0.25, 0.3) is 0 Å². The normalized spacial score (nSPS) is 36.7. The summed E-state index contributed by atoms with van der Waals surface area (Å²) in [5.41, 5.74) is 0.708. The molecule has 2 aliphatic heterocycles. The van der Waals surface area contributed by atoms with Crippen LogP contribution in [0.15, 0.2) is 6.20 Å². The summed E-state index contributed by atoms with van der Waals surface area (Å²) in [5.74, 6) is -0.441. The van der Waals surface area contributed by atoms with E-state index in [-0.39, 0.29) is 13.0 Å². The van der Waals surface area contributed by atoms with Crippen LogP contribution in [0.2, 0.25) is 0 Å². The Morgan fingerprint density at radius 3 is 2.44 bits per heavy atom. The molecule has 2 saturated heterocycles. The van der Waals surface area contributed by atoms with E-state index < -0.39 is 73.6 Å². The van der Waals surface area contributed by atoms with E-state index in [4.69, 9.17) is 18.9 Å². The highest BCUT2D eigenvalue weighted by Gasteiger charge is 2.51. The predicted octanol–water partition coefficient (Wildman–Crippen LogP) is -3.20. The van der Waals surface area contributed by atoms with Crippen LogP contribution in [0.3, 0.4) is 0 Å². The Labute approximate surface area is 212 Å². The molecule has 11 atom stereocenters. The van der Waals surface area contributed by atoms with Gasteiger partial charge < -0.3 is 49.8 Å². The molecule has 1 aromatic heterocycles. The van der Waals surface area contributed by atoms with Gasteiger partial charge in [0.2, 0.25) is 0 Å². The number of carbonyl (C=O) groups is 1. The van der Waals surface area contributed by atoms with Crippen LogP contribution in [0.4, 0.5) is 0 Å². The molecule has 3 rings (SSSR count). The number of nitrogens with zero attached hydrogens (tertiary/aromatic N) is 3. The highest BCUT2D eigenvalue weighted by atomic mass is 31.0. The van der Waals surface area contributed by atoms with E-state index >= 15 is 0 Å². The van der Waals surface area contributed by atoms with Crippen molar-refractivity contribution in [1.82, 2.24) is 20.3 Å². The van der Waals surface area contributed by atoms with Crippen LogP contribution in [0.1, 0.15) is 19.0 Å². The Balaban J connectivity index is 0.00000222. The van der Waals surface area contributed by atoms with Gasteiger partial charge in [-0.05, 0) is 14.0 Å². The summed E-state index contributed by atoms with van der Waals surface area (Å²) in [7, 11) is 5.48. The minimum absolute atomic E-state index is 0.0248. The lowest BCUT2D eigenvalue weighted by molar-refractivity contribution is -0.340. The van der Waals surface area contributed by atoms with Crippen molar-refractivity contribution in [3.8, 4) is 0 Å². The number of carbonyl (C=O) groups excluding carboxylic acids is 1. The molecule has 2 aliphatic rings. The third-order valence-electron chi connectivity index (χ3n) is 6.06. The minimum Gasteiger partial charge on any atom is -0.394 e. The van der Waals surface area contributed by atoms with Gasteiger partial charge in [-0.2, -0.15) is 0 Å². The van der Waals surface area contributed by atoms with Gasteiger partial charge >= 0.3 is 0 Å². The largest absolute Gasteiger partial charge is 0.394 e. The standard InChI is InChI=1S/C20H34N4O10.CH5P/c1-9-13(27)19(34-20-15(29)14(28)18(31-3)12(8-25)33-20)16(30)17(32-9)11(26)4-5-24-7-10(6-21-2)22-23-24;1-2/h7,9,12-21,25,27-30H,4-6,8H2,1-3H3;2H2,1H3/t9-,12?,13?,14+,15?,16+,17?,18+,19+,20-;/m0./s1. The van der Waals surface area contributed by atoms with E-state index in [2.05, 4.69) is 24.9 Å². The number of aliphatic hydroxyl groups excluding tert-OH is 5. The predicted molar refractivity (Wildman–Crippen MR) is 128 cm³/mol. The zero-order valence-electron chi connectivity index (χ0n) is 20.9. The van der Waals surface area contributed by atoms with Crippen LogP contribution in [-0.2, 0) is 36.8 Å². The molecule has 6 N–H and O–H groups in total. The molecule has 3 heterocycles. The Morgan fingerprint density at radius 1 is 1.14 bits per heavy atom. The molecule has 15 heteroatoms. The number of methoxy groups -OCH3 is 1. The number of ether oxygens (including phenoxy) is 4. The molecule has 0 aliphatic carbocycles. The van der Waals surface area contributed by atoms with Crippen LogP contribution >= 0.6 is 9.24 Å². The van der Waals surface area contributed by atoms with Gasteiger partial charge in [-0.15, -0.1) is 14.3 Å². The molecule has 2 fully saturated rings. The lowest BCUT2D eigenvalue weighted by Crippen LogP contribution is -2.64. The van der Waals surface area contributed by atoms with Crippen molar-refractivity contribution in [2.75, 3.05) is 27.4 Å². The summed E-state index contributed by atoms with van der Waals surface area (Å²) in [6.07, 6.45) is -11.5. The van der Waals surface area contributed by atoms with Crippen LogP contribution < -0.4 is 5.32 Å². The molecule has 0 amide bonds. The SMILES string of the molecule is CNCc1cn(CCC(=O)C2O[C@@H](C)C(O)[C@@H](O[C@@H]3OC(CO)[C@@H](OC)[C@H](O)C3O)[C@@H]2O)nn1.CP. The summed E-state index contributed by atoms with van der Waals surface area (Å²) in [6.45, 7) is 3.63. The van der Waals surface area contributed by atoms with E-state index in [1.165, 1.54) is 18.7 Å². The summed E-state index contributed by atoms with van der Waals surface area (Å²) in [5, 5.41) is 62.5. The van der Waals surface area contributed by atoms with E-state index in [1.807, 2.05) is 6.66 Å². The third-order valence-corrected chi connectivity index (χ3v) is 6.06. The van der Waals surface area contributed by atoms with Gasteiger partial charge in [0.05, 0.1) is 18.4 Å². The minimum atomic E-state index is -1.60. The number of aromatic nitrogens is 3. The van der Waals surface area contributed by atoms with Gasteiger partial charge in [0, 0.05) is 32.8 Å². The second-order valence-electron chi connectivity index (χ2n) is 8.47. The van der Waals surface area contributed by atoms with Crippen molar-refractivity contribution in [2.45, 2.75) is 87.7 Å². The molecule has 1 aromatic rings. The summed E-state index contributed by atoms with van der Waals surface area (Å²) < 4.78 is 23.3. The third kappa shape index (κ3) is 7.23. The summed E-state index contributed by atoms with van der Waals surface area (Å²) in [4.78, 5) is 12.8. The average Bonchev–Trinajstić information content (AvgIpc) is 3.33. The maximum atomic E-state index is 12.8. The Bertz CT molecular complexity index is 803. The molecule has 208 valence electrons. The van der Waals surface area contributed by atoms with Crippen molar-refractivity contribution in [1.29, 1.82) is 0 Å². The average molecular weight is 539 g/mol. The topological polar surface area (TPSA) is 198 Å². The van der Waals surface area contributed by atoms with Gasteiger partial charge in [0.1, 0.15) is 48.8 Å². The first kappa shape index (κ1) is 31.1. The number of nitrogens with one attached hydrogen (secondary N) is 1. The maximum Gasteiger partial charge on any atom is 0.187 e. The van der Waals surface area contributed by atoms with E-state index in [0.717, 1.165) is 0 Å². The number of hydrogen-bond acceptors (Lipinski definition) is 13. The molecule has 0 spiro atoms. The molecule has 36 heavy (non-hydrogen) atoms. The zero-order valence-corrected chi connectivity index (χ0v) is 22.0. The van der Waals surface area contributed by atoms with Crippen LogP contribution in [0, 0.1) is 0 Å². The van der Waals surface area contributed by atoms with Crippen molar-refractivity contribution in [3.05, 3.63) is 11.9 Å². The number of hydrogen-bond donors (Lipinski definition) is 6. The number of aliphatic hydroxyl groups is 5. The maximum absolute atomic E-state index is 12.8. The Kier molecular flexibility index (Phi) is 12.7. The van der Waals surface area contributed by atoms with Gasteiger partial charge in [-0.3, -0.25) is 9.48 Å². The van der Waals surface area contributed by atoms with Crippen LogP contribution in [0.5, 0.6) is 0 Å². The van der Waals surface area contributed by atoms with Crippen LogP contribution in [-0.4, -0.2) is 135 Å². The number of aryl methyl sites for hydroxylation is 1. The Hall–Kier alpha value is -1.16. The lowest BCUT2D eigenvalue weighted by Gasteiger charge is -2.46. The fourth-order valence-electron chi connectivity index (χ4n) is 4.15. The second kappa shape index (κ2) is 14.7. The first-order valence-electron chi connectivity index (χ1n) is 11.7. The first-order valence-corrected chi connectivity index (χ1v) is 12.8. The smallest absolute Gasteiger partial charge is 0.187 e. The highest BCUT2D eigenvalue weighted by Crippen LogP contribution is 2.30. The molecule has 0 saturated carbocycles. The molecular formula is C21H39N4O10P. The van der Waals surface area contributed by atoms with Gasteiger partial charge in [0.15, 0.2) is 12.1 Å². The Morgan fingerprint density at radius 2 is 1.83 bits per heavy atom. The van der Waals surface area contributed by atoms with Crippen molar-refractivity contribution in [3.63, 3.8) is 0 Å². The van der Waals surface area contributed by atoms with Crippen LogP contribution in [0.25, 0.3) is 0 Å². The number of ketones is 1. The number of Topliss-reactive ketones (excluding diaryl/α,β-unsaturated/α-hetero) is 1. The molecular weight excluding hydrogens is 499 g/mol. The molecule has 0 aromatic carbocycles. The van der Waals surface area contributed by atoms with Crippen molar-refractivity contribution >= 4 is 15.0 Å². The first-order chi connectivity index (χ1) is 17.2. The van der Waals surface area contributed by atoms with E-state index in [1.54, 1.807) is 13.2 Å². The van der Waals surface area contributed by atoms with E-state index in [0.29, 0.717) is 12.2 Å². The molecule has 0 bridgehead atoms. The van der Waals surface area contributed by atoms with Crippen molar-refractivity contribution in [2.24, 2.45) is 0 Å². The zero-order chi connectivity index (χ0) is 27.0. The highest BCUT2D eigenvalue weighted by molar-refractivity contribution is 7.15. The molecule has 14 nitrogen and oxygen atoms in total. The van der Waals surface area contributed by atoms with Crippen molar-refractivity contribution < 1.29 is 49.3 Å². The van der Waals surface area contributed by atoms with E-state index in [9.17, 15) is 30.3 Å². The summed E-state index contributed by atoms with van der Waals surface area (Å²) >= 11 is 0. The number of rotatable bonds is 10. The van der Waals surface area contributed by atoms with Gasteiger partial charge in [-0.1, -0.05) is 11.9 Å². The fourth-order valence-corrected chi connectivity index (χ4v) is 4.15. The summed E-state index contributed by atoms with van der Waals surface area (Å²) in [6, 6.07) is 0. The van der Waals surface area contributed by atoms with Gasteiger partial charge in [-0.25, -0.2) is 0 Å². The monoisotopic (exact) mass is 538 g/mol. The molecule has 0 radical (unpaired) electrons. The quantitative estimate of drug-likeness (QED) is 0.163. The lowest BCUT2D eigenvalue weighted by atomic mass is 9.92. The second-order valence-corrected chi connectivity index (χ2v) is 8.47. The fraction of sp³-hybridized carbons (Fsp3) is 0.857.